The van der Waals surface area contributed by atoms with Crippen LogP contribution in [0.15, 0.2) is 30.3 Å². The molecule has 1 saturated heterocycles. The molecule has 0 radical (unpaired) electrons. The third kappa shape index (κ3) is 2.67. The fourth-order valence-electron chi connectivity index (χ4n) is 2.46. The summed E-state index contributed by atoms with van der Waals surface area (Å²) in [6.45, 7) is 3.83. The molecule has 2 atom stereocenters. The van der Waals surface area contributed by atoms with Crippen LogP contribution in [0.4, 0.5) is 0 Å². The van der Waals surface area contributed by atoms with E-state index in [1.165, 1.54) is 12.7 Å². The summed E-state index contributed by atoms with van der Waals surface area (Å²) in [7, 11) is 1.45. The van der Waals surface area contributed by atoms with E-state index in [4.69, 9.17) is 4.74 Å². The van der Waals surface area contributed by atoms with Crippen LogP contribution < -0.4 is 0 Å². The predicted molar refractivity (Wildman–Crippen MR) is 66.9 cm³/mol. The molecule has 0 spiro atoms. The molecule has 2 unspecified atom stereocenters. The van der Waals surface area contributed by atoms with Crippen LogP contribution >= 0.6 is 0 Å². The van der Waals surface area contributed by atoms with Gasteiger partial charge in [0.05, 0.1) is 7.11 Å². The summed E-state index contributed by atoms with van der Waals surface area (Å²) in [5.41, 5.74) is 1.37. The number of esters is 1. The molecule has 0 amide bonds. The second kappa shape index (κ2) is 5.32. The third-order valence-electron chi connectivity index (χ3n) is 3.58. The van der Waals surface area contributed by atoms with Gasteiger partial charge in [0.15, 0.2) is 0 Å². The van der Waals surface area contributed by atoms with Gasteiger partial charge in [-0.1, -0.05) is 30.3 Å². The summed E-state index contributed by atoms with van der Waals surface area (Å²) in [4.78, 5) is 13.7. The van der Waals surface area contributed by atoms with E-state index in [1.54, 1.807) is 0 Å². The van der Waals surface area contributed by atoms with Gasteiger partial charge < -0.3 is 4.74 Å². The van der Waals surface area contributed by atoms with Gasteiger partial charge >= 0.3 is 5.97 Å². The molecule has 3 nitrogen and oxygen atoms in total. The maximum atomic E-state index is 11.5. The second-order valence-corrected chi connectivity index (χ2v) is 4.59. The summed E-state index contributed by atoms with van der Waals surface area (Å²) in [6, 6.07) is 10.4. The number of rotatable bonds is 3. The van der Waals surface area contributed by atoms with Gasteiger partial charge in [0.1, 0.15) is 6.04 Å². The fourth-order valence-corrected chi connectivity index (χ4v) is 2.46. The van der Waals surface area contributed by atoms with E-state index >= 15 is 0 Å². The maximum absolute atomic E-state index is 11.5. The van der Waals surface area contributed by atoms with Crippen LogP contribution in [-0.4, -0.2) is 37.1 Å². The lowest BCUT2D eigenvalue weighted by molar-refractivity contribution is -0.145. The summed E-state index contributed by atoms with van der Waals surface area (Å²) < 4.78 is 4.78. The second-order valence-electron chi connectivity index (χ2n) is 4.59. The van der Waals surface area contributed by atoms with Gasteiger partial charge in [-0.15, -0.1) is 0 Å². The Balaban J connectivity index is 1.98. The standard InChI is InChI=1S/C14H19NO2/c1-11(14(16)17-2)15-9-8-13(10-15)12-6-4-3-5-7-12/h3-7,11,13H,8-10H2,1-2H3. The number of methoxy groups -OCH3 is 1. The molecule has 3 heteroatoms. The third-order valence-corrected chi connectivity index (χ3v) is 3.58. The molecule has 0 N–H and O–H groups in total. The van der Waals surface area contributed by atoms with E-state index in [1.807, 2.05) is 13.0 Å². The van der Waals surface area contributed by atoms with Crippen molar-refractivity contribution in [2.24, 2.45) is 0 Å². The van der Waals surface area contributed by atoms with Crippen LogP contribution in [-0.2, 0) is 9.53 Å². The van der Waals surface area contributed by atoms with Crippen molar-refractivity contribution in [3.05, 3.63) is 35.9 Å². The fraction of sp³-hybridized carbons (Fsp3) is 0.500. The molecule has 1 fully saturated rings. The van der Waals surface area contributed by atoms with Crippen molar-refractivity contribution in [1.29, 1.82) is 0 Å². The average Bonchev–Trinajstić information content (AvgIpc) is 2.87. The topological polar surface area (TPSA) is 29.5 Å². The first-order valence-corrected chi connectivity index (χ1v) is 6.09. The van der Waals surface area contributed by atoms with Crippen molar-refractivity contribution in [3.63, 3.8) is 0 Å². The minimum absolute atomic E-state index is 0.131. The quantitative estimate of drug-likeness (QED) is 0.748. The minimum Gasteiger partial charge on any atom is -0.468 e. The molecule has 0 aliphatic carbocycles. The van der Waals surface area contributed by atoms with Crippen LogP contribution in [0.25, 0.3) is 0 Å². The van der Waals surface area contributed by atoms with Gasteiger partial charge in [0, 0.05) is 6.54 Å². The zero-order valence-electron chi connectivity index (χ0n) is 10.4. The van der Waals surface area contributed by atoms with Gasteiger partial charge in [0.2, 0.25) is 0 Å². The Morgan fingerprint density at radius 2 is 2.12 bits per heavy atom. The van der Waals surface area contributed by atoms with E-state index in [0.29, 0.717) is 5.92 Å². The van der Waals surface area contributed by atoms with Gasteiger partial charge in [0.25, 0.3) is 0 Å². The predicted octanol–water partition coefficient (Wildman–Crippen LogP) is 2.04. The van der Waals surface area contributed by atoms with Crippen LogP contribution in [0.2, 0.25) is 0 Å². The highest BCUT2D eigenvalue weighted by atomic mass is 16.5. The monoisotopic (exact) mass is 233 g/mol. The summed E-state index contributed by atoms with van der Waals surface area (Å²) in [5, 5.41) is 0. The first-order valence-electron chi connectivity index (χ1n) is 6.09. The van der Waals surface area contributed by atoms with E-state index in [0.717, 1.165) is 19.5 Å². The van der Waals surface area contributed by atoms with Gasteiger partial charge in [-0.05, 0) is 31.4 Å². The molecule has 17 heavy (non-hydrogen) atoms. The number of benzene rings is 1. The van der Waals surface area contributed by atoms with Crippen molar-refractivity contribution in [2.45, 2.75) is 25.3 Å². The highest BCUT2D eigenvalue weighted by molar-refractivity contribution is 5.75. The molecule has 2 rings (SSSR count). The molecule has 0 saturated carbocycles. The molecular formula is C14H19NO2. The summed E-state index contributed by atoms with van der Waals surface area (Å²) in [5.74, 6) is 0.405. The minimum atomic E-state index is -0.140. The van der Waals surface area contributed by atoms with Gasteiger partial charge in [-0.2, -0.15) is 0 Å². The lowest BCUT2D eigenvalue weighted by atomic mass is 9.99. The van der Waals surface area contributed by atoms with Crippen LogP contribution in [0.5, 0.6) is 0 Å². The number of carbonyl (C=O) groups is 1. The molecule has 0 aromatic heterocycles. The lowest BCUT2D eigenvalue weighted by Crippen LogP contribution is -2.37. The molecule has 1 aromatic carbocycles. The van der Waals surface area contributed by atoms with Gasteiger partial charge in [-0.3, -0.25) is 9.69 Å². The Morgan fingerprint density at radius 1 is 1.41 bits per heavy atom. The molecule has 0 bridgehead atoms. The molecule has 1 heterocycles. The highest BCUT2D eigenvalue weighted by Gasteiger charge is 2.30. The Morgan fingerprint density at radius 3 is 2.76 bits per heavy atom. The Labute approximate surface area is 102 Å². The van der Waals surface area contributed by atoms with Crippen LogP contribution in [0.3, 0.4) is 0 Å². The normalized spacial score (nSPS) is 22.4. The van der Waals surface area contributed by atoms with E-state index in [2.05, 4.69) is 29.2 Å². The number of nitrogens with zero attached hydrogens (tertiary/aromatic N) is 1. The first kappa shape index (κ1) is 12.1. The van der Waals surface area contributed by atoms with E-state index in [9.17, 15) is 4.79 Å². The number of ether oxygens (including phenoxy) is 1. The summed E-state index contributed by atoms with van der Waals surface area (Å²) >= 11 is 0. The lowest BCUT2D eigenvalue weighted by Gasteiger charge is -2.21. The Hall–Kier alpha value is -1.35. The van der Waals surface area contributed by atoms with Crippen molar-refractivity contribution >= 4 is 5.97 Å². The Kier molecular flexibility index (Phi) is 3.79. The molecular weight excluding hydrogens is 214 g/mol. The Bertz CT molecular complexity index is 377. The number of hydrogen-bond donors (Lipinski definition) is 0. The van der Waals surface area contributed by atoms with E-state index < -0.39 is 0 Å². The smallest absolute Gasteiger partial charge is 0.322 e. The zero-order chi connectivity index (χ0) is 12.3. The molecule has 92 valence electrons. The van der Waals surface area contributed by atoms with Crippen molar-refractivity contribution in [1.82, 2.24) is 4.90 Å². The largest absolute Gasteiger partial charge is 0.468 e. The van der Waals surface area contributed by atoms with Crippen LogP contribution in [0, 0.1) is 0 Å². The molecule has 1 aliphatic heterocycles. The number of likely N-dealkylation sites (tertiary alicyclic amines) is 1. The van der Waals surface area contributed by atoms with Crippen LogP contribution in [0.1, 0.15) is 24.8 Å². The first-order chi connectivity index (χ1) is 8.22. The van der Waals surface area contributed by atoms with E-state index in [-0.39, 0.29) is 12.0 Å². The molecule has 1 aromatic rings. The van der Waals surface area contributed by atoms with Crippen molar-refractivity contribution in [2.75, 3.05) is 20.2 Å². The SMILES string of the molecule is COC(=O)C(C)N1CCC(c2ccccc2)C1. The van der Waals surface area contributed by atoms with Gasteiger partial charge in [-0.25, -0.2) is 0 Å². The highest BCUT2D eigenvalue weighted by Crippen LogP contribution is 2.28. The summed E-state index contributed by atoms with van der Waals surface area (Å²) in [6.07, 6.45) is 1.12. The maximum Gasteiger partial charge on any atom is 0.322 e. The average molecular weight is 233 g/mol. The van der Waals surface area contributed by atoms with Crippen molar-refractivity contribution in [3.8, 4) is 0 Å². The van der Waals surface area contributed by atoms with Crippen molar-refractivity contribution < 1.29 is 9.53 Å². The number of carbonyl (C=O) groups excluding carboxylic acids is 1. The zero-order valence-corrected chi connectivity index (χ0v) is 10.4. The number of hydrogen-bond acceptors (Lipinski definition) is 3. The molecule has 1 aliphatic rings.